The van der Waals surface area contributed by atoms with E-state index in [9.17, 15) is 0 Å². The summed E-state index contributed by atoms with van der Waals surface area (Å²) in [5.41, 5.74) is 5.76. The van der Waals surface area contributed by atoms with Gasteiger partial charge in [-0.15, -0.1) is 0 Å². The fourth-order valence-electron chi connectivity index (χ4n) is 2.76. The van der Waals surface area contributed by atoms with Crippen molar-refractivity contribution in [1.29, 1.82) is 0 Å². The second-order valence-corrected chi connectivity index (χ2v) is 5.10. The van der Waals surface area contributed by atoms with Crippen LogP contribution in [-0.2, 0) is 0 Å². The topological polar surface area (TPSA) is 31.0 Å². The first-order chi connectivity index (χ1) is 10.3. The molecule has 0 aliphatic rings. The summed E-state index contributed by atoms with van der Waals surface area (Å²) in [7, 11) is 0. The number of hydrogen-bond donors (Lipinski definition) is 0. The quantitative estimate of drug-likeness (QED) is 0.535. The number of pyridine rings is 1. The van der Waals surface area contributed by atoms with Crippen LogP contribution in [0.1, 0.15) is 5.56 Å². The molecule has 0 aliphatic carbocycles. The highest BCUT2D eigenvalue weighted by atomic mass is 16.3. The Labute approximate surface area is 122 Å². The van der Waals surface area contributed by atoms with Crippen LogP contribution < -0.4 is 0 Å². The van der Waals surface area contributed by atoms with Gasteiger partial charge in [-0.05, 0) is 42.3 Å². The van der Waals surface area contributed by atoms with E-state index in [0.29, 0.717) is 0 Å². The highest BCUT2D eigenvalue weighted by Crippen LogP contribution is 2.31. The van der Waals surface area contributed by atoms with E-state index in [2.05, 4.69) is 46.9 Å². The average molecular weight is 274 g/mol. The fourth-order valence-corrected chi connectivity index (χ4v) is 2.76. The van der Waals surface area contributed by atoms with Crippen molar-refractivity contribution in [2.45, 2.75) is 6.92 Å². The van der Waals surface area contributed by atoms with Crippen LogP contribution in [0.4, 0.5) is 0 Å². The lowest BCUT2D eigenvalue weighted by molar-refractivity contribution is 0.568. The van der Waals surface area contributed by atoms with Crippen molar-refractivity contribution in [3.05, 3.63) is 73.1 Å². The maximum absolute atomic E-state index is 5.21. The molecule has 21 heavy (non-hydrogen) atoms. The van der Waals surface area contributed by atoms with E-state index in [1.807, 2.05) is 24.5 Å². The molecule has 102 valence electrons. The predicted octanol–water partition coefficient (Wildman–Crippen LogP) is 4.59. The summed E-state index contributed by atoms with van der Waals surface area (Å²) in [4.78, 5) is 4.24. The zero-order valence-electron chi connectivity index (χ0n) is 11.7. The SMILES string of the molecule is Cc1ccncc1-n1ccc2c(-c3ccoc3)cccc21. The van der Waals surface area contributed by atoms with Crippen LogP contribution in [0, 0.1) is 6.92 Å². The standard InChI is InChI=1S/C18H14N2O/c1-13-5-8-19-11-18(13)20-9-6-16-15(3-2-4-17(16)20)14-7-10-21-12-14/h2-12H,1H3. The smallest absolute Gasteiger partial charge is 0.0981 e. The summed E-state index contributed by atoms with van der Waals surface area (Å²) in [5.74, 6) is 0. The molecule has 4 rings (SSSR count). The molecule has 1 aromatic carbocycles. The normalized spacial score (nSPS) is 11.1. The lowest BCUT2D eigenvalue weighted by atomic mass is 10.0. The summed E-state index contributed by atoms with van der Waals surface area (Å²) in [6, 6.07) is 12.5. The van der Waals surface area contributed by atoms with Crippen LogP contribution in [0.25, 0.3) is 27.7 Å². The Balaban J connectivity index is 1.99. The molecule has 0 fully saturated rings. The van der Waals surface area contributed by atoms with Gasteiger partial charge in [-0.25, -0.2) is 0 Å². The molecule has 0 atom stereocenters. The molecule has 0 aliphatic heterocycles. The van der Waals surface area contributed by atoms with Gasteiger partial charge >= 0.3 is 0 Å². The Kier molecular flexibility index (Phi) is 2.64. The van der Waals surface area contributed by atoms with E-state index >= 15 is 0 Å². The molecule has 0 amide bonds. The fraction of sp³-hybridized carbons (Fsp3) is 0.0556. The van der Waals surface area contributed by atoms with E-state index in [-0.39, 0.29) is 0 Å². The first kappa shape index (κ1) is 12.0. The molecule has 3 heterocycles. The Morgan fingerprint density at radius 3 is 2.86 bits per heavy atom. The summed E-state index contributed by atoms with van der Waals surface area (Å²) in [5, 5.41) is 1.21. The average Bonchev–Trinajstić information content (AvgIpc) is 3.17. The highest BCUT2D eigenvalue weighted by Gasteiger charge is 2.10. The highest BCUT2D eigenvalue weighted by molar-refractivity contribution is 5.96. The molecule has 0 saturated carbocycles. The lowest BCUT2D eigenvalue weighted by Gasteiger charge is -2.09. The molecule has 0 unspecified atom stereocenters. The van der Waals surface area contributed by atoms with Gasteiger partial charge in [-0.2, -0.15) is 0 Å². The van der Waals surface area contributed by atoms with Crippen molar-refractivity contribution in [3.8, 4) is 16.8 Å². The molecule has 0 spiro atoms. The second kappa shape index (κ2) is 4.63. The Morgan fingerprint density at radius 1 is 1.10 bits per heavy atom. The van der Waals surface area contributed by atoms with Crippen molar-refractivity contribution < 1.29 is 4.42 Å². The number of furan rings is 1. The Bertz CT molecular complexity index is 904. The van der Waals surface area contributed by atoms with Crippen molar-refractivity contribution in [1.82, 2.24) is 9.55 Å². The summed E-state index contributed by atoms with van der Waals surface area (Å²) in [6.45, 7) is 2.10. The molecular formula is C18H14N2O. The zero-order valence-corrected chi connectivity index (χ0v) is 11.7. The maximum atomic E-state index is 5.21. The summed E-state index contributed by atoms with van der Waals surface area (Å²) in [6.07, 6.45) is 9.30. The first-order valence-electron chi connectivity index (χ1n) is 6.88. The molecule has 0 saturated heterocycles. The third-order valence-electron chi connectivity index (χ3n) is 3.84. The number of fused-ring (bicyclic) bond motifs is 1. The van der Waals surface area contributed by atoms with Crippen LogP contribution in [0.5, 0.6) is 0 Å². The number of hydrogen-bond acceptors (Lipinski definition) is 2. The minimum atomic E-state index is 1.10. The Morgan fingerprint density at radius 2 is 2.05 bits per heavy atom. The number of rotatable bonds is 2. The van der Waals surface area contributed by atoms with Gasteiger partial charge < -0.3 is 8.98 Å². The minimum Gasteiger partial charge on any atom is -0.472 e. The van der Waals surface area contributed by atoms with Gasteiger partial charge in [0.15, 0.2) is 0 Å². The van der Waals surface area contributed by atoms with Gasteiger partial charge in [-0.1, -0.05) is 12.1 Å². The predicted molar refractivity (Wildman–Crippen MR) is 83.5 cm³/mol. The summed E-state index contributed by atoms with van der Waals surface area (Å²) < 4.78 is 7.39. The van der Waals surface area contributed by atoms with E-state index in [0.717, 1.165) is 11.3 Å². The number of aromatic nitrogens is 2. The monoisotopic (exact) mass is 274 g/mol. The van der Waals surface area contributed by atoms with Gasteiger partial charge in [0.05, 0.1) is 29.9 Å². The zero-order chi connectivity index (χ0) is 14.2. The van der Waals surface area contributed by atoms with Crippen LogP contribution in [-0.4, -0.2) is 9.55 Å². The number of benzene rings is 1. The molecule has 0 N–H and O–H groups in total. The van der Waals surface area contributed by atoms with Crippen molar-refractivity contribution >= 4 is 10.9 Å². The van der Waals surface area contributed by atoms with Crippen molar-refractivity contribution in [2.75, 3.05) is 0 Å². The molecular weight excluding hydrogens is 260 g/mol. The lowest BCUT2D eigenvalue weighted by Crippen LogP contribution is -1.95. The van der Waals surface area contributed by atoms with Crippen LogP contribution >= 0.6 is 0 Å². The van der Waals surface area contributed by atoms with Crippen LogP contribution in [0.2, 0.25) is 0 Å². The van der Waals surface area contributed by atoms with Crippen molar-refractivity contribution in [3.63, 3.8) is 0 Å². The molecule has 0 bridgehead atoms. The van der Waals surface area contributed by atoms with Gasteiger partial charge in [0.2, 0.25) is 0 Å². The van der Waals surface area contributed by atoms with Gasteiger partial charge in [-0.3, -0.25) is 4.98 Å². The third kappa shape index (κ3) is 1.86. The van der Waals surface area contributed by atoms with Gasteiger partial charge in [0.1, 0.15) is 0 Å². The van der Waals surface area contributed by atoms with Gasteiger partial charge in [0, 0.05) is 23.3 Å². The minimum absolute atomic E-state index is 1.10. The molecule has 4 aromatic rings. The number of nitrogens with zero attached hydrogens (tertiary/aromatic N) is 2. The van der Waals surface area contributed by atoms with E-state index in [1.165, 1.54) is 22.0 Å². The second-order valence-electron chi connectivity index (χ2n) is 5.10. The maximum Gasteiger partial charge on any atom is 0.0981 e. The largest absolute Gasteiger partial charge is 0.472 e. The van der Waals surface area contributed by atoms with E-state index in [4.69, 9.17) is 4.42 Å². The molecule has 3 aromatic heterocycles. The summed E-state index contributed by atoms with van der Waals surface area (Å²) >= 11 is 0. The van der Waals surface area contributed by atoms with Gasteiger partial charge in [0.25, 0.3) is 0 Å². The van der Waals surface area contributed by atoms with E-state index < -0.39 is 0 Å². The van der Waals surface area contributed by atoms with E-state index in [1.54, 1.807) is 12.5 Å². The van der Waals surface area contributed by atoms with Crippen molar-refractivity contribution in [2.24, 2.45) is 0 Å². The first-order valence-corrected chi connectivity index (χ1v) is 6.88. The Hall–Kier alpha value is -2.81. The number of aryl methyl sites for hydroxylation is 1. The molecule has 3 nitrogen and oxygen atoms in total. The van der Waals surface area contributed by atoms with Crippen LogP contribution in [0.15, 0.2) is 71.9 Å². The molecule has 0 radical (unpaired) electrons. The van der Waals surface area contributed by atoms with Crippen LogP contribution in [0.3, 0.4) is 0 Å². The molecule has 3 heteroatoms. The third-order valence-corrected chi connectivity index (χ3v) is 3.84.